The first kappa shape index (κ1) is 28.4. The van der Waals surface area contributed by atoms with Crippen molar-refractivity contribution < 1.29 is 0 Å². The van der Waals surface area contributed by atoms with Crippen LogP contribution in [0.1, 0.15) is 27.8 Å². The molecule has 0 aliphatic heterocycles. The van der Waals surface area contributed by atoms with E-state index in [0.29, 0.717) is 0 Å². The maximum atomic E-state index is 2.50. The van der Waals surface area contributed by atoms with Crippen LogP contribution in [0.3, 0.4) is 0 Å². The molecule has 1 spiro atoms. The zero-order chi connectivity index (χ0) is 33.5. The number of nitrogens with zero attached hydrogens (tertiary/aromatic N) is 1. The monoisotopic (exact) mass is 647 g/mol. The predicted octanol–water partition coefficient (Wildman–Crippen LogP) is 12.8. The van der Waals surface area contributed by atoms with E-state index in [4.69, 9.17) is 0 Å². The number of hydrogen-bond acceptors (Lipinski definition) is 1. The van der Waals surface area contributed by atoms with Crippen LogP contribution in [0.15, 0.2) is 188 Å². The third kappa shape index (κ3) is 3.86. The standard InChI is InChI=1S/C50H33N/c1-2-16-34(17-3-1)51(35-29-30-40-38-20-5-4-18-36(38)37-19-6-7-21-39(37)44(40)31-35)32-33-15-14-28-48-49(33)43-24-10-13-27-47(43)50(48)45-25-11-8-22-41(45)42-23-9-12-26-46(42)50/h1-31H,32H2. The van der Waals surface area contributed by atoms with Crippen molar-refractivity contribution in [3.05, 3.63) is 216 Å². The Morgan fingerprint density at radius 1 is 0.333 bits per heavy atom. The van der Waals surface area contributed by atoms with E-state index in [9.17, 15) is 0 Å². The maximum Gasteiger partial charge on any atom is 0.0725 e. The van der Waals surface area contributed by atoms with E-state index in [-0.39, 0.29) is 5.41 Å². The van der Waals surface area contributed by atoms with Gasteiger partial charge < -0.3 is 4.90 Å². The fraction of sp³-hybridized carbons (Fsp3) is 0.0400. The molecule has 0 atom stereocenters. The van der Waals surface area contributed by atoms with Crippen molar-refractivity contribution in [1.82, 2.24) is 0 Å². The second-order valence-corrected chi connectivity index (χ2v) is 14.0. The Bertz CT molecular complexity index is 2770. The lowest BCUT2D eigenvalue weighted by atomic mass is 9.70. The van der Waals surface area contributed by atoms with Crippen molar-refractivity contribution in [1.29, 1.82) is 0 Å². The molecule has 51 heavy (non-hydrogen) atoms. The molecule has 1 heteroatoms. The summed E-state index contributed by atoms with van der Waals surface area (Å²) in [7, 11) is 0. The summed E-state index contributed by atoms with van der Waals surface area (Å²) in [6, 6.07) is 69.9. The molecular formula is C50H33N. The van der Waals surface area contributed by atoms with Gasteiger partial charge in [-0.3, -0.25) is 0 Å². The maximum absolute atomic E-state index is 2.50. The van der Waals surface area contributed by atoms with Crippen LogP contribution in [0.5, 0.6) is 0 Å². The first-order valence-corrected chi connectivity index (χ1v) is 17.9. The van der Waals surface area contributed by atoms with Crippen molar-refractivity contribution in [3.8, 4) is 22.3 Å². The largest absolute Gasteiger partial charge is 0.337 e. The van der Waals surface area contributed by atoms with Gasteiger partial charge in [-0.2, -0.15) is 0 Å². The highest BCUT2D eigenvalue weighted by Crippen LogP contribution is 2.63. The molecular weight excluding hydrogens is 615 g/mol. The topological polar surface area (TPSA) is 3.24 Å². The van der Waals surface area contributed by atoms with E-state index in [1.165, 1.54) is 93.8 Å². The molecule has 9 aromatic rings. The minimum Gasteiger partial charge on any atom is -0.337 e. The summed E-state index contributed by atoms with van der Waals surface area (Å²) in [5.74, 6) is 0. The molecule has 0 unspecified atom stereocenters. The zero-order valence-corrected chi connectivity index (χ0v) is 28.1. The molecule has 2 aliphatic rings. The number of para-hydroxylation sites is 1. The number of fused-ring (bicyclic) bond motifs is 16. The van der Waals surface area contributed by atoms with Crippen molar-refractivity contribution in [2.24, 2.45) is 0 Å². The van der Waals surface area contributed by atoms with Gasteiger partial charge in [0.1, 0.15) is 0 Å². The van der Waals surface area contributed by atoms with Crippen molar-refractivity contribution in [2.45, 2.75) is 12.0 Å². The normalized spacial score (nSPS) is 13.3. The molecule has 0 saturated heterocycles. The number of benzene rings is 9. The van der Waals surface area contributed by atoms with Crippen LogP contribution < -0.4 is 4.90 Å². The smallest absolute Gasteiger partial charge is 0.0725 e. The molecule has 238 valence electrons. The van der Waals surface area contributed by atoms with Crippen LogP contribution in [0, 0.1) is 0 Å². The molecule has 0 aromatic heterocycles. The Morgan fingerprint density at radius 3 is 1.43 bits per heavy atom. The van der Waals surface area contributed by atoms with Crippen molar-refractivity contribution in [2.75, 3.05) is 4.90 Å². The summed E-state index contributed by atoms with van der Waals surface area (Å²) in [5.41, 5.74) is 14.2. The van der Waals surface area contributed by atoms with E-state index in [0.717, 1.165) is 6.54 Å². The van der Waals surface area contributed by atoms with Gasteiger partial charge >= 0.3 is 0 Å². The number of rotatable bonds is 4. The Kier molecular flexibility index (Phi) is 6.00. The third-order valence-corrected chi connectivity index (χ3v) is 11.5. The molecule has 0 fully saturated rings. The molecule has 0 heterocycles. The van der Waals surface area contributed by atoms with Crippen LogP contribution in [-0.2, 0) is 12.0 Å². The van der Waals surface area contributed by atoms with Gasteiger partial charge in [-0.05, 0) is 107 Å². The molecule has 0 N–H and O–H groups in total. The average molecular weight is 648 g/mol. The van der Waals surface area contributed by atoms with E-state index in [2.05, 4.69) is 193 Å². The molecule has 2 aliphatic carbocycles. The molecule has 0 radical (unpaired) electrons. The Morgan fingerprint density at radius 2 is 0.804 bits per heavy atom. The number of anilines is 2. The summed E-state index contributed by atoms with van der Waals surface area (Å²) in [4.78, 5) is 2.50. The van der Waals surface area contributed by atoms with Gasteiger partial charge in [0.25, 0.3) is 0 Å². The van der Waals surface area contributed by atoms with Gasteiger partial charge in [-0.1, -0.05) is 164 Å². The first-order chi connectivity index (χ1) is 25.3. The van der Waals surface area contributed by atoms with Crippen LogP contribution in [0.25, 0.3) is 54.6 Å². The third-order valence-electron chi connectivity index (χ3n) is 11.5. The van der Waals surface area contributed by atoms with Gasteiger partial charge in [-0.15, -0.1) is 0 Å². The van der Waals surface area contributed by atoms with Crippen LogP contribution in [0.2, 0.25) is 0 Å². The molecule has 0 bridgehead atoms. The van der Waals surface area contributed by atoms with E-state index in [1.54, 1.807) is 0 Å². The van der Waals surface area contributed by atoms with E-state index in [1.807, 2.05) is 0 Å². The average Bonchev–Trinajstić information content (AvgIpc) is 3.68. The minimum absolute atomic E-state index is 0.352. The SMILES string of the molecule is c1ccc(N(Cc2cccc3c2-c2ccccc2C32c3ccccc3-c3ccccc32)c2ccc3c4ccccc4c4ccccc4c3c2)cc1. The van der Waals surface area contributed by atoms with Crippen LogP contribution in [0.4, 0.5) is 11.4 Å². The second-order valence-electron chi connectivity index (χ2n) is 14.0. The molecule has 11 rings (SSSR count). The van der Waals surface area contributed by atoms with E-state index < -0.39 is 0 Å². The van der Waals surface area contributed by atoms with Gasteiger partial charge in [0.2, 0.25) is 0 Å². The summed E-state index contributed by atoms with van der Waals surface area (Å²) in [6.07, 6.45) is 0. The van der Waals surface area contributed by atoms with Gasteiger partial charge in [-0.25, -0.2) is 0 Å². The highest BCUT2D eigenvalue weighted by Gasteiger charge is 2.51. The molecule has 0 amide bonds. The van der Waals surface area contributed by atoms with Gasteiger partial charge in [0.05, 0.1) is 5.41 Å². The van der Waals surface area contributed by atoms with Crippen molar-refractivity contribution >= 4 is 43.7 Å². The van der Waals surface area contributed by atoms with Crippen LogP contribution in [-0.4, -0.2) is 0 Å². The summed E-state index contributed by atoms with van der Waals surface area (Å²) >= 11 is 0. The highest BCUT2D eigenvalue weighted by atomic mass is 15.1. The minimum atomic E-state index is -0.352. The quantitative estimate of drug-likeness (QED) is 0.172. The summed E-state index contributed by atoms with van der Waals surface area (Å²) in [6.45, 7) is 0.734. The lowest BCUT2D eigenvalue weighted by Gasteiger charge is -2.31. The molecule has 9 aromatic carbocycles. The molecule has 0 saturated carbocycles. The lowest BCUT2D eigenvalue weighted by Crippen LogP contribution is -2.26. The van der Waals surface area contributed by atoms with Crippen molar-refractivity contribution in [3.63, 3.8) is 0 Å². The summed E-state index contributed by atoms with van der Waals surface area (Å²) < 4.78 is 0. The second kappa shape index (κ2) is 10.8. The fourth-order valence-electron chi connectivity index (χ4n) is 9.52. The lowest BCUT2D eigenvalue weighted by molar-refractivity contribution is 0.792. The van der Waals surface area contributed by atoms with Crippen LogP contribution >= 0.6 is 0 Å². The van der Waals surface area contributed by atoms with Gasteiger partial charge in [0.15, 0.2) is 0 Å². The Balaban J connectivity index is 1.15. The highest BCUT2D eigenvalue weighted by molar-refractivity contribution is 6.25. The first-order valence-electron chi connectivity index (χ1n) is 17.9. The zero-order valence-electron chi connectivity index (χ0n) is 28.1. The summed E-state index contributed by atoms with van der Waals surface area (Å²) in [5, 5.41) is 7.75. The predicted molar refractivity (Wildman–Crippen MR) is 214 cm³/mol. The fourth-order valence-corrected chi connectivity index (χ4v) is 9.52. The Labute approximate surface area is 297 Å². The number of hydrogen-bond donors (Lipinski definition) is 0. The van der Waals surface area contributed by atoms with Gasteiger partial charge in [0, 0.05) is 17.9 Å². The molecule has 1 nitrogen and oxygen atoms in total. The Hall–Kier alpha value is -6.44. The van der Waals surface area contributed by atoms with E-state index >= 15 is 0 Å².